The largest absolute Gasteiger partial charge is 0.370 e. The van der Waals surface area contributed by atoms with E-state index in [1.807, 2.05) is 6.07 Å². The number of hydrogen-bond donors (Lipinski definition) is 2. The van der Waals surface area contributed by atoms with Gasteiger partial charge in [-0.15, -0.1) is 24.0 Å². The molecule has 1 aromatic carbocycles. The van der Waals surface area contributed by atoms with Gasteiger partial charge < -0.3 is 11.1 Å². The third-order valence-electron chi connectivity index (χ3n) is 3.33. The van der Waals surface area contributed by atoms with E-state index in [2.05, 4.69) is 55.3 Å². The molecule has 0 bridgehead atoms. The van der Waals surface area contributed by atoms with E-state index in [9.17, 15) is 0 Å². The minimum Gasteiger partial charge on any atom is -0.370 e. The lowest BCUT2D eigenvalue weighted by Gasteiger charge is -2.19. The van der Waals surface area contributed by atoms with Crippen LogP contribution in [0.1, 0.15) is 45.1 Å². The van der Waals surface area contributed by atoms with Crippen molar-refractivity contribution in [2.24, 2.45) is 16.6 Å². The minimum atomic E-state index is 0. The molecular weight excluding hydrogens is 361 g/mol. The van der Waals surface area contributed by atoms with Crippen molar-refractivity contribution < 1.29 is 0 Å². The summed E-state index contributed by atoms with van der Waals surface area (Å²) >= 11 is 0. The molecule has 3 nitrogen and oxygen atoms in total. The van der Waals surface area contributed by atoms with Gasteiger partial charge in [0, 0.05) is 19.0 Å². The molecule has 3 N–H and O–H groups in total. The summed E-state index contributed by atoms with van der Waals surface area (Å²) in [5.41, 5.74) is 7.22. The number of rotatable bonds is 7. The van der Waals surface area contributed by atoms with Gasteiger partial charge >= 0.3 is 0 Å². The fraction of sp³-hybridized carbons (Fsp3) is 0.562. The lowest BCUT2D eigenvalue weighted by atomic mass is 9.88. The molecule has 4 heteroatoms. The Labute approximate surface area is 140 Å². The maximum atomic E-state index is 5.88. The Kier molecular flexibility index (Phi) is 10.5. The SMILES string of the molecule is CCCCNC(N)=NCC(c1ccccc1)C(C)C.I. The van der Waals surface area contributed by atoms with Crippen LogP contribution in [-0.2, 0) is 0 Å². The van der Waals surface area contributed by atoms with Crippen molar-refractivity contribution >= 4 is 29.9 Å². The summed E-state index contributed by atoms with van der Waals surface area (Å²) < 4.78 is 0. The number of nitrogens with one attached hydrogen (secondary N) is 1. The summed E-state index contributed by atoms with van der Waals surface area (Å²) in [6, 6.07) is 10.5. The van der Waals surface area contributed by atoms with Crippen LogP contribution in [0.4, 0.5) is 0 Å². The smallest absolute Gasteiger partial charge is 0.188 e. The van der Waals surface area contributed by atoms with E-state index in [0.29, 0.717) is 17.8 Å². The normalized spacial score (nSPS) is 12.9. The van der Waals surface area contributed by atoms with Crippen LogP contribution >= 0.6 is 24.0 Å². The molecule has 0 saturated heterocycles. The predicted octanol–water partition coefficient (Wildman–Crippen LogP) is 3.75. The Morgan fingerprint density at radius 3 is 2.45 bits per heavy atom. The molecule has 114 valence electrons. The van der Waals surface area contributed by atoms with Gasteiger partial charge in [0.05, 0.1) is 0 Å². The average Bonchev–Trinajstić information content (AvgIpc) is 2.40. The van der Waals surface area contributed by atoms with Crippen LogP contribution in [0.15, 0.2) is 35.3 Å². The fourth-order valence-electron chi connectivity index (χ4n) is 2.05. The molecule has 0 saturated carbocycles. The summed E-state index contributed by atoms with van der Waals surface area (Å²) in [6.07, 6.45) is 2.29. The van der Waals surface area contributed by atoms with Crippen LogP contribution in [0.5, 0.6) is 0 Å². The number of benzene rings is 1. The molecule has 0 aliphatic rings. The molecule has 0 radical (unpaired) electrons. The highest BCUT2D eigenvalue weighted by Crippen LogP contribution is 2.24. The molecule has 20 heavy (non-hydrogen) atoms. The molecule has 0 aliphatic carbocycles. The highest BCUT2D eigenvalue weighted by atomic mass is 127. The van der Waals surface area contributed by atoms with Crippen molar-refractivity contribution in [3.63, 3.8) is 0 Å². The third-order valence-corrected chi connectivity index (χ3v) is 3.33. The molecule has 0 aromatic heterocycles. The Balaban J connectivity index is 0.00000361. The number of halogens is 1. The number of guanidine groups is 1. The van der Waals surface area contributed by atoms with E-state index in [1.165, 1.54) is 12.0 Å². The molecule has 0 amide bonds. The molecule has 1 aromatic rings. The van der Waals surface area contributed by atoms with Gasteiger partial charge in [-0.2, -0.15) is 0 Å². The van der Waals surface area contributed by atoms with Crippen LogP contribution in [0, 0.1) is 5.92 Å². The van der Waals surface area contributed by atoms with Crippen molar-refractivity contribution in [1.82, 2.24) is 5.32 Å². The quantitative estimate of drug-likeness (QED) is 0.323. The number of aliphatic imine (C=N–C) groups is 1. The Morgan fingerprint density at radius 2 is 1.90 bits per heavy atom. The van der Waals surface area contributed by atoms with Crippen molar-refractivity contribution in [3.8, 4) is 0 Å². The third kappa shape index (κ3) is 7.12. The van der Waals surface area contributed by atoms with Crippen LogP contribution in [0.2, 0.25) is 0 Å². The zero-order valence-corrected chi connectivity index (χ0v) is 15.1. The summed E-state index contributed by atoms with van der Waals surface area (Å²) in [5.74, 6) is 1.54. The lowest BCUT2D eigenvalue weighted by Crippen LogP contribution is -2.33. The van der Waals surface area contributed by atoms with Gasteiger partial charge in [0.1, 0.15) is 0 Å². The molecular formula is C16H28IN3. The number of nitrogens with two attached hydrogens (primary N) is 1. The van der Waals surface area contributed by atoms with Crippen LogP contribution in [0.3, 0.4) is 0 Å². The van der Waals surface area contributed by atoms with Crippen molar-refractivity contribution in [2.75, 3.05) is 13.1 Å². The van der Waals surface area contributed by atoms with Gasteiger partial charge in [0.25, 0.3) is 0 Å². The molecule has 1 rings (SSSR count). The van der Waals surface area contributed by atoms with E-state index in [0.717, 1.165) is 19.5 Å². The maximum absolute atomic E-state index is 5.88. The van der Waals surface area contributed by atoms with Gasteiger partial charge in [0.2, 0.25) is 0 Å². The monoisotopic (exact) mass is 389 g/mol. The second-order valence-corrected chi connectivity index (χ2v) is 5.27. The minimum absolute atomic E-state index is 0. The highest BCUT2D eigenvalue weighted by molar-refractivity contribution is 14.0. The number of unbranched alkanes of at least 4 members (excludes halogenated alkanes) is 1. The lowest BCUT2D eigenvalue weighted by molar-refractivity contribution is 0.506. The van der Waals surface area contributed by atoms with Crippen molar-refractivity contribution in [3.05, 3.63) is 35.9 Å². The van der Waals surface area contributed by atoms with Gasteiger partial charge in [-0.25, -0.2) is 0 Å². The van der Waals surface area contributed by atoms with Crippen molar-refractivity contribution in [2.45, 2.75) is 39.5 Å². The average molecular weight is 389 g/mol. The highest BCUT2D eigenvalue weighted by Gasteiger charge is 2.14. The first-order valence-corrected chi connectivity index (χ1v) is 7.23. The summed E-state index contributed by atoms with van der Waals surface area (Å²) in [6.45, 7) is 8.27. The van der Waals surface area contributed by atoms with E-state index in [4.69, 9.17) is 5.73 Å². The zero-order chi connectivity index (χ0) is 14.1. The summed E-state index contributed by atoms with van der Waals surface area (Å²) in [5, 5.41) is 3.16. The van der Waals surface area contributed by atoms with Gasteiger partial charge in [0.15, 0.2) is 5.96 Å². The summed E-state index contributed by atoms with van der Waals surface area (Å²) in [7, 11) is 0. The second-order valence-electron chi connectivity index (χ2n) is 5.27. The van der Waals surface area contributed by atoms with Crippen LogP contribution < -0.4 is 11.1 Å². The fourth-order valence-corrected chi connectivity index (χ4v) is 2.05. The first-order chi connectivity index (χ1) is 9.15. The van der Waals surface area contributed by atoms with Gasteiger partial charge in [-0.1, -0.05) is 57.5 Å². The Hall–Kier alpha value is -0.780. The Bertz CT molecular complexity index is 377. The molecule has 0 aliphatic heterocycles. The standard InChI is InChI=1S/C16H27N3.HI/c1-4-5-11-18-16(17)19-12-15(13(2)3)14-9-7-6-8-10-14;/h6-10,13,15H,4-5,11-12H2,1-3H3,(H3,17,18,19);1H. The predicted molar refractivity (Wildman–Crippen MR) is 98.8 cm³/mol. The van der Waals surface area contributed by atoms with E-state index >= 15 is 0 Å². The van der Waals surface area contributed by atoms with Crippen LogP contribution in [-0.4, -0.2) is 19.0 Å². The first-order valence-electron chi connectivity index (χ1n) is 7.23. The topological polar surface area (TPSA) is 50.4 Å². The summed E-state index contributed by atoms with van der Waals surface area (Å²) in [4.78, 5) is 4.48. The molecule has 0 fully saturated rings. The van der Waals surface area contributed by atoms with Crippen molar-refractivity contribution in [1.29, 1.82) is 0 Å². The van der Waals surface area contributed by atoms with E-state index in [1.54, 1.807) is 0 Å². The van der Waals surface area contributed by atoms with Gasteiger partial charge in [-0.05, 0) is 17.9 Å². The Morgan fingerprint density at radius 1 is 1.25 bits per heavy atom. The zero-order valence-electron chi connectivity index (χ0n) is 12.8. The van der Waals surface area contributed by atoms with Gasteiger partial charge in [-0.3, -0.25) is 4.99 Å². The van der Waals surface area contributed by atoms with E-state index in [-0.39, 0.29) is 24.0 Å². The molecule has 1 atom stereocenters. The van der Waals surface area contributed by atoms with Crippen LogP contribution in [0.25, 0.3) is 0 Å². The maximum Gasteiger partial charge on any atom is 0.188 e. The molecule has 0 heterocycles. The number of hydrogen-bond acceptors (Lipinski definition) is 1. The molecule has 1 unspecified atom stereocenters. The van der Waals surface area contributed by atoms with E-state index < -0.39 is 0 Å². The second kappa shape index (κ2) is 10.9. The number of nitrogens with zero attached hydrogens (tertiary/aromatic N) is 1. The molecule has 0 spiro atoms. The first kappa shape index (κ1) is 19.2.